The molecule has 20 heavy (non-hydrogen) atoms. The third-order valence-corrected chi connectivity index (χ3v) is 4.66. The molecule has 3 nitrogen and oxygen atoms in total. The van der Waals surface area contributed by atoms with Crippen LogP contribution in [0.15, 0.2) is 36.9 Å². The van der Waals surface area contributed by atoms with Crippen LogP contribution in [0.4, 0.5) is 0 Å². The lowest BCUT2D eigenvalue weighted by Gasteiger charge is -2.50. The summed E-state index contributed by atoms with van der Waals surface area (Å²) >= 11 is 0. The molecule has 1 unspecified atom stereocenters. The van der Waals surface area contributed by atoms with E-state index in [2.05, 4.69) is 17.5 Å². The van der Waals surface area contributed by atoms with Crippen molar-refractivity contribution in [3.05, 3.63) is 42.5 Å². The molecule has 0 spiro atoms. The summed E-state index contributed by atoms with van der Waals surface area (Å²) in [5.74, 6) is 1.26. The highest BCUT2D eigenvalue weighted by Gasteiger charge is 2.46. The Balaban J connectivity index is 1.69. The minimum atomic E-state index is -0.683. The summed E-state index contributed by atoms with van der Waals surface area (Å²) in [4.78, 5) is 2.35. The van der Waals surface area contributed by atoms with Gasteiger partial charge in [-0.3, -0.25) is 0 Å². The number of fused-ring (bicyclic) bond motifs is 3. The second-order valence-electron chi connectivity index (χ2n) is 6.04. The number of aliphatic hydroxyl groups is 1. The Kier molecular flexibility index (Phi) is 3.81. The standard InChI is InChI=1S/C17H23NO2/c1-2-5-14-6-3-4-7-16(14)20-13-17(19)12-18-10-8-15(17)9-11-18/h2-4,6-7,15,19H,1,5,8-13H2. The van der Waals surface area contributed by atoms with Crippen molar-refractivity contribution in [2.75, 3.05) is 26.2 Å². The highest BCUT2D eigenvalue weighted by Crippen LogP contribution is 2.36. The van der Waals surface area contributed by atoms with E-state index in [1.54, 1.807) is 0 Å². The molecule has 4 rings (SSSR count). The van der Waals surface area contributed by atoms with E-state index in [1.807, 2.05) is 24.3 Å². The van der Waals surface area contributed by atoms with Gasteiger partial charge in [0.25, 0.3) is 0 Å². The van der Waals surface area contributed by atoms with Gasteiger partial charge in [0, 0.05) is 6.54 Å². The Labute approximate surface area is 120 Å². The summed E-state index contributed by atoms with van der Waals surface area (Å²) in [6, 6.07) is 8.01. The lowest BCUT2D eigenvalue weighted by atomic mass is 9.76. The van der Waals surface area contributed by atoms with E-state index in [0.29, 0.717) is 12.5 Å². The molecule has 0 amide bonds. The van der Waals surface area contributed by atoms with Crippen LogP contribution >= 0.6 is 0 Å². The first kappa shape index (κ1) is 13.7. The molecule has 0 radical (unpaired) electrons. The van der Waals surface area contributed by atoms with Crippen molar-refractivity contribution in [2.45, 2.75) is 24.9 Å². The van der Waals surface area contributed by atoms with Crippen LogP contribution in [-0.2, 0) is 6.42 Å². The van der Waals surface area contributed by atoms with Gasteiger partial charge in [-0.1, -0.05) is 24.3 Å². The monoisotopic (exact) mass is 273 g/mol. The summed E-state index contributed by atoms with van der Waals surface area (Å²) < 4.78 is 5.96. The number of piperidine rings is 3. The van der Waals surface area contributed by atoms with Crippen LogP contribution in [0.5, 0.6) is 5.75 Å². The Hall–Kier alpha value is -1.32. The van der Waals surface area contributed by atoms with E-state index in [9.17, 15) is 5.11 Å². The van der Waals surface area contributed by atoms with Gasteiger partial charge in [0.15, 0.2) is 0 Å². The van der Waals surface area contributed by atoms with E-state index >= 15 is 0 Å². The van der Waals surface area contributed by atoms with Crippen LogP contribution in [0, 0.1) is 5.92 Å². The van der Waals surface area contributed by atoms with Gasteiger partial charge in [0.05, 0.1) is 0 Å². The first-order valence-electron chi connectivity index (χ1n) is 7.47. The van der Waals surface area contributed by atoms with Crippen molar-refractivity contribution in [2.24, 2.45) is 5.92 Å². The summed E-state index contributed by atoms with van der Waals surface area (Å²) in [6.07, 6.45) is 4.86. The molecule has 1 atom stereocenters. The average molecular weight is 273 g/mol. The van der Waals surface area contributed by atoms with Gasteiger partial charge in [0.2, 0.25) is 0 Å². The molecule has 108 valence electrons. The van der Waals surface area contributed by atoms with Crippen molar-refractivity contribution in [1.29, 1.82) is 0 Å². The van der Waals surface area contributed by atoms with Gasteiger partial charge in [-0.15, -0.1) is 6.58 Å². The number of hydrogen-bond donors (Lipinski definition) is 1. The van der Waals surface area contributed by atoms with Crippen LogP contribution in [0.25, 0.3) is 0 Å². The topological polar surface area (TPSA) is 32.7 Å². The molecule has 3 saturated heterocycles. The van der Waals surface area contributed by atoms with E-state index in [4.69, 9.17) is 4.74 Å². The number of ether oxygens (including phenoxy) is 1. The average Bonchev–Trinajstić information content (AvgIpc) is 2.48. The van der Waals surface area contributed by atoms with Crippen LogP contribution in [0.1, 0.15) is 18.4 Å². The molecule has 0 aliphatic carbocycles. The summed E-state index contributed by atoms with van der Waals surface area (Å²) in [7, 11) is 0. The SMILES string of the molecule is C=CCc1ccccc1OCC1(O)CN2CCC1CC2. The molecule has 3 fully saturated rings. The molecule has 1 aromatic carbocycles. The van der Waals surface area contributed by atoms with E-state index in [-0.39, 0.29) is 0 Å². The quantitative estimate of drug-likeness (QED) is 0.835. The first-order chi connectivity index (χ1) is 9.71. The van der Waals surface area contributed by atoms with E-state index < -0.39 is 5.60 Å². The van der Waals surface area contributed by atoms with Crippen LogP contribution < -0.4 is 4.74 Å². The van der Waals surface area contributed by atoms with Gasteiger partial charge in [-0.2, -0.15) is 0 Å². The lowest BCUT2D eigenvalue weighted by molar-refractivity contribution is -0.131. The Morgan fingerprint density at radius 1 is 1.35 bits per heavy atom. The van der Waals surface area contributed by atoms with Crippen LogP contribution in [0.3, 0.4) is 0 Å². The molecule has 1 aromatic rings. The van der Waals surface area contributed by atoms with Crippen molar-refractivity contribution >= 4 is 0 Å². The number of para-hydroxylation sites is 1. The van der Waals surface area contributed by atoms with Crippen molar-refractivity contribution < 1.29 is 9.84 Å². The first-order valence-corrected chi connectivity index (χ1v) is 7.47. The summed E-state index contributed by atoms with van der Waals surface area (Å²) in [5.41, 5.74) is 0.449. The number of hydrogen-bond acceptors (Lipinski definition) is 3. The second-order valence-corrected chi connectivity index (χ2v) is 6.04. The maximum absolute atomic E-state index is 10.9. The third-order valence-electron chi connectivity index (χ3n) is 4.66. The molecule has 3 aliphatic heterocycles. The fourth-order valence-corrected chi connectivity index (χ4v) is 3.48. The molecular formula is C17H23NO2. The largest absolute Gasteiger partial charge is 0.490 e. The van der Waals surface area contributed by atoms with Crippen molar-refractivity contribution in [3.63, 3.8) is 0 Å². The molecule has 1 N–H and O–H groups in total. The van der Waals surface area contributed by atoms with Gasteiger partial charge in [-0.05, 0) is 49.9 Å². The maximum atomic E-state index is 10.9. The second kappa shape index (κ2) is 5.58. The number of rotatable bonds is 5. The van der Waals surface area contributed by atoms with Crippen LogP contribution in [0.2, 0.25) is 0 Å². The Bertz CT molecular complexity index is 480. The molecular weight excluding hydrogens is 250 g/mol. The predicted molar refractivity (Wildman–Crippen MR) is 80.0 cm³/mol. The summed E-state index contributed by atoms with van der Waals surface area (Å²) in [6.45, 7) is 7.17. The molecule has 3 heterocycles. The van der Waals surface area contributed by atoms with E-state index in [1.165, 1.54) is 0 Å². The maximum Gasteiger partial charge on any atom is 0.122 e. The van der Waals surface area contributed by atoms with Crippen molar-refractivity contribution in [3.8, 4) is 5.75 Å². The van der Waals surface area contributed by atoms with Gasteiger partial charge in [0.1, 0.15) is 18.0 Å². The fourth-order valence-electron chi connectivity index (χ4n) is 3.48. The zero-order chi connectivity index (χ0) is 14.0. The molecule has 3 aliphatic rings. The Morgan fingerprint density at radius 2 is 2.10 bits per heavy atom. The third kappa shape index (κ3) is 2.60. The fraction of sp³-hybridized carbons (Fsp3) is 0.529. The van der Waals surface area contributed by atoms with Gasteiger partial charge >= 0.3 is 0 Å². The highest BCUT2D eigenvalue weighted by molar-refractivity contribution is 5.34. The molecule has 3 heteroatoms. The predicted octanol–water partition coefficient (Wildman–Crippen LogP) is 2.25. The van der Waals surface area contributed by atoms with Crippen LogP contribution in [-0.4, -0.2) is 41.8 Å². The van der Waals surface area contributed by atoms with Gasteiger partial charge < -0.3 is 14.7 Å². The molecule has 0 saturated carbocycles. The zero-order valence-corrected chi connectivity index (χ0v) is 11.9. The van der Waals surface area contributed by atoms with Gasteiger partial charge in [-0.25, -0.2) is 0 Å². The zero-order valence-electron chi connectivity index (χ0n) is 11.9. The number of nitrogens with zero attached hydrogens (tertiary/aromatic N) is 1. The van der Waals surface area contributed by atoms with E-state index in [0.717, 1.165) is 50.2 Å². The smallest absolute Gasteiger partial charge is 0.122 e. The highest BCUT2D eigenvalue weighted by atomic mass is 16.5. The molecule has 2 bridgehead atoms. The summed E-state index contributed by atoms with van der Waals surface area (Å²) in [5, 5.41) is 10.9. The normalized spacial score (nSPS) is 32.0. The Morgan fingerprint density at radius 3 is 2.75 bits per heavy atom. The lowest BCUT2D eigenvalue weighted by Crippen LogP contribution is -2.61. The molecule has 0 aromatic heterocycles. The minimum absolute atomic E-state index is 0.388. The van der Waals surface area contributed by atoms with Crippen molar-refractivity contribution in [1.82, 2.24) is 4.90 Å². The number of allylic oxidation sites excluding steroid dienone is 1. The minimum Gasteiger partial charge on any atom is -0.490 e. The number of benzene rings is 1.